The fraction of sp³-hybridized carbons (Fsp3) is 0.391. The number of anilines is 1. The standard InChI is InChI=1S/C23H28BrN3O2/c1-23(2,14-25)15-27(22(29)17-10-11-17)13-16-6-5-7-18(12-16)26-21(28)19-8-3-4-9-20(19)24/h3-9,12,17H,10-11,13-15,25H2,1-2H3,(H,26,28). The van der Waals surface area contributed by atoms with E-state index in [4.69, 9.17) is 5.73 Å². The molecule has 0 aromatic heterocycles. The van der Waals surface area contributed by atoms with Gasteiger partial charge in [-0.1, -0.05) is 38.1 Å². The van der Waals surface area contributed by atoms with E-state index in [1.165, 1.54) is 0 Å². The molecule has 6 heteroatoms. The van der Waals surface area contributed by atoms with Gasteiger partial charge in [0.05, 0.1) is 5.56 Å². The van der Waals surface area contributed by atoms with Crippen molar-refractivity contribution >= 4 is 33.4 Å². The van der Waals surface area contributed by atoms with Gasteiger partial charge in [0.25, 0.3) is 5.91 Å². The van der Waals surface area contributed by atoms with Crippen LogP contribution in [0, 0.1) is 11.3 Å². The molecule has 0 spiro atoms. The summed E-state index contributed by atoms with van der Waals surface area (Å²) in [6, 6.07) is 15.0. The summed E-state index contributed by atoms with van der Waals surface area (Å²) in [7, 11) is 0. The van der Waals surface area contributed by atoms with Crippen LogP contribution in [0.2, 0.25) is 0 Å². The molecule has 3 N–H and O–H groups in total. The van der Waals surface area contributed by atoms with Crippen molar-refractivity contribution in [3.05, 3.63) is 64.1 Å². The van der Waals surface area contributed by atoms with Gasteiger partial charge in [0.2, 0.25) is 5.91 Å². The zero-order chi connectivity index (χ0) is 21.0. The van der Waals surface area contributed by atoms with Gasteiger partial charge in [0.15, 0.2) is 0 Å². The summed E-state index contributed by atoms with van der Waals surface area (Å²) in [5.41, 5.74) is 8.02. The lowest BCUT2D eigenvalue weighted by Gasteiger charge is -2.32. The fourth-order valence-electron chi connectivity index (χ4n) is 3.19. The van der Waals surface area contributed by atoms with E-state index in [0.717, 1.165) is 22.9 Å². The Kier molecular flexibility index (Phi) is 6.75. The van der Waals surface area contributed by atoms with Crippen LogP contribution in [0.25, 0.3) is 0 Å². The number of rotatable bonds is 8. The Hall–Kier alpha value is -2.18. The second kappa shape index (κ2) is 9.09. The number of carbonyl (C=O) groups excluding carboxylic acids is 2. The van der Waals surface area contributed by atoms with Crippen LogP contribution in [0.3, 0.4) is 0 Å². The van der Waals surface area contributed by atoms with E-state index in [1.54, 1.807) is 6.07 Å². The minimum atomic E-state index is -0.176. The quantitative estimate of drug-likeness (QED) is 0.615. The Morgan fingerprint density at radius 1 is 1.17 bits per heavy atom. The largest absolute Gasteiger partial charge is 0.338 e. The first-order chi connectivity index (χ1) is 13.8. The zero-order valence-corrected chi connectivity index (χ0v) is 18.5. The van der Waals surface area contributed by atoms with E-state index in [9.17, 15) is 9.59 Å². The first kappa shape index (κ1) is 21.5. The van der Waals surface area contributed by atoms with Crippen molar-refractivity contribution in [2.24, 2.45) is 17.1 Å². The highest BCUT2D eigenvalue weighted by molar-refractivity contribution is 9.10. The van der Waals surface area contributed by atoms with E-state index >= 15 is 0 Å². The number of amides is 2. The van der Waals surface area contributed by atoms with Gasteiger partial charge in [0.1, 0.15) is 0 Å². The second-order valence-electron chi connectivity index (χ2n) is 8.47. The fourth-order valence-corrected chi connectivity index (χ4v) is 3.66. The molecule has 0 saturated heterocycles. The van der Waals surface area contributed by atoms with Crippen molar-refractivity contribution in [3.63, 3.8) is 0 Å². The van der Waals surface area contributed by atoms with Crippen LogP contribution >= 0.6 is 15.9 Å². The average molecular weight is 458 g/mol. The predicted molar refractivity (Wildman–Crippen MR) is 120 cm³/mol. The average Bonchev–Trinajstić information content (AvgIpc) is 3.52. The Morgan fingerprint density at radius 3 is 2.55 bits per heavy atom. The second-order valence-corrected chi connectivity index (χ2v) is 9.33. The SMILES string of the molecule is CC(C)(CN)CN(Cc1cccc(NC(=O)c2ccccc2Br)c1)C(=O)C1CC1. The molecule has 0 heterocycles. The molecule has 154 valence electrons. The first-order valence-corrected chi connectivity index (χ1v) is 10.7. The molecule has 1 aliphatic carbocycles. The van der Waals surface area contributed by atoms with E-state index in [0.29, 0.717) is 30.9 Å². The summed E-state index contributed by atoms with van der Waals surface area (Å²) < 4.78 is 0.749. The van der Waals surface area contributed by atoms with Gasteiger partial charge in [-0.05, 0) is 70.6 Å². The van der Waals surface area contributed by atoms with Crippen LogP contribution < -0.4 is 11.1 Å². The third-order valence-corrected chi connectivity index (χ3v) is 5.78. The van der Waals surface area contributed by atoms with Crippen molar-refractivity contribution in [2.75, 3.05) is 18.4 Å². The van der Waals surface area contributed by atoms with Gasteiger partial charge in [0, 0.05) is 29.2 Å². The number of nitrogens with one attached hydrogen (secondary N) is 1. The van der Waals surface area contributed by atoms with Crippen LogP contribution in [-0.4, -0.2) is 29.8 Å². The highest BCUT2D eigenvalue weighted by Crippen LogP contribution is 2.33. The van der Waals surface area contributed by atoms with Gasteiger partial charge in [-0.3, -0.25) is 9.59 Å². The van der Waals surface area contributed by atoms with E-state index < -0.39 is 0 Å². The lowest BCUT2D eigenvalue weighted by atomic mass is 9.92. The molecule has 1 saturated carbocycles. The molecule has 1 fully saturated rings. The van der Waals surface area contributed by atoms with Crippen molar-refractivity contribution < 1.29 is 9.59 Å². The van der Waals surface area contributed by atoms with Crippen LogP contribution in [-0.2, 0) is 11.3 Å². The van der Waals surface area contributed by atoms with Gasteiger partial charge in [-0.2, -0.15) is 0 Å². The molecule has 5 nitrogen and oxygen atoms in total. The molecule has 2 aromatic rings. The molecule has 29 heavy (non-hydrogen) atoms. The Labute approximate surface area is 180 Å². The number of nitrogens with zero attached hydrogens (tertiary/aromatic N) is 1. The lowest BCUT2D eigenvalue weighted by Crippen LogP contribution is -2.42. The van der Waals surface area contributed by atoms with Crippen molar-refractivity contribution in [2.45, 2.75) is 33.2 Å². The number of nitrogens with two attached hydrogens (primary N) is 1. The summed E-state index contributed by atoms with van der Waals surface area (Å²) >= 11 is 3.41. The van der Waals surface area contributed by atoms with Crippen LogP contribution in [0.1, 0.15) is 42.6 Å². The smallest absolute Gasteiger partial charge is 0.256 e. The number of carbonyl (C=O) groups is 2. The van der Waals surface area contributed by atoms with Crippen molar-refractivity contribution in [3.8, 4) is 0 Å². The minimum Gasteiger partial charge on any atom is -0.338 e. The van der Waals surface area contributed by atoms with Crippen LogP contribution in [0.15, 0.2) is 53.0 Å². The van der Waals surface area contributed by atoms with Crippen LogP contribution in [0.5, 0.6) is 0 Å². The molecular formula is C23H28BrN3O2. The maximum absolute atomic E-state index is 12.8. The predicted octanol–water partition coefficient (Wildman–Crippen LogP) is 4.42. The number of benzene rings is 2. The molecule has 0 atom stereocenters. The summed E-state index contributed by atoms with van der Waals surface area (Å²) in [6.45, 7) is 5.80. The molecular weight excluding hydrogens is 430 g/mol. The van der Waals surface area contributed by atoms with Gasteiger partial charge in [-0.25, -0.2) is 0 Å². The number of halogens is 1. The molecule has 2 amide bonds. The molecule has 0 unspecified atom stereocenters. The van der Waals surface area contributed by atoms with E-state index in [-0.39, 0.29) is 23.1 Å². The molecule has 2 aromatic carbocycles. The minimum absolute atomic E-state index is 0.143. The summed E-state index contributed by atoms with van der Waals surface area (Å²) in [4.78, 5) is 27.3. The summed E-state index contributed by atoms with van der Waals surface area (Å²) in [5, 5.41) is 2.94. The number of hydrogen-bond acceptors (Lipinski definition) is 3. The highest BCUT2D eigenvalue weighted by Gasteiger charge is 2.35. The van der Waals surface area contributed by atoms with E-state index in [2.05, 4.69) is 35.1 Å². The monoisotopic (exact) mass is 457 g/mol. The highest BCUT2D eigenvalue weighted by atomic mass is 79.9. The van der Waals surface area contributed by atoms with Crippen molar-refractivity contribution in [1.82, 2.24) is 4.90 Å². The first-order valence-electron chi connectivity index (χ1n) is 9.93. The molecule has 1 aliphatic rings. The Bertz CT molecular complexity index is 893. The molecule has 3 rings (SSSR count). The Morgan fingerprint density at radius 2 is 1.90 bits per heavy atom. The van der Waals surface area contributed by atoms with Crippen LogP contribution in [0.4, 0.5) is 5.69 Å². The van der Waals surface area contributed by atoms with Gasteiger partial charge >= 0.3 is 0 Å². The number of hydrogen-bond donors (Lipinski definition) is 2. The molecule has 0 radical (unpaired) electrons. The van der Waals surface area contributed by atoms with Crippen molar-refractivity contribution in [1.29, 1.82) is 0 Å². The third kappa shape index (κ3) is 5.90. The van der Waals surface area contributed by atoms with Gasteiger partial charge < -0.3 is 16.0 Å². The lowest BCUT2D eigenvalue weighted by molar-refractivity contribution is -0.134. The molecule has 0 bridgehead atoms. The summed E-state index contributed by atoms with van der Waals surface area (Å²) in [5.74, 6) is 0.181. The van der Waals surface area contributed by atoms with Gasteiger partial charge in [-0.15, -0.1) is 0 Å². The molecule has 0 aliphatic heterocycles. The third-order valence-electron chi connectivity index (χ3n) is 5.09. The Balaban J connectivity index is 1.74. The normalized spacial score (nSPS) is 13.8. The topological polar surface area (TPSA) is 75.4 Å². The maximum atomic E-state index is 12.8. The van der Waals surface area contributed by atoms with E-state index in [1.807, 2.05) is 47.4 Å². The summed E-state index contributed by atoms with van der Waals surface area (Å²) in [6.07, 6.45) is 1.95. The maximum Gasteiger partial charge on any atom is 0.256 e. The zero-order valence-electron chi connectivity index (χ0n) is 17.0.